The quantitative estimate of drug-likeness (QED) is 0.810. The number of piperazine rings is 1. The summed E-state index contributed by atoms with van der Waals surface area (Å²) in [4.78, 5) is 5.47. The van der Waals surface area contributed by atoms with Crippen LogP contribution in [0.5, 0.6) is 0 Å². The van der Waals surface area contributed by atoms with E-state index in [9.17, 15) is 0 Å². The second-order valence-electron chi connectivity index (χ2n) is 6.89. The van der Waals surface area contributed by atoms with E-state index in [1.54, 1.807) is 0 Å². The van der Waals surface area contributed by atoms with Crippen LogP contribution in [0.15, 0.2) is 0 Å². The Morgan fingerprint density at radius 2 is 1.89 bits per heavy atom. The summed E-state index contributed by atoms with van der Waals surface area (Å²) in [6.45, 7) is 8.42. The smallest absolute Gasteiger partial charge is 0.0333 e. The highest BCUT2D eigenvalue weighted by Gasteiger charge is 2.42. The van der Waals surface area contributed by atoms with Crippen LogP contribution in [0.2, 0.25) is 0 Å². The van der Waals surface area contributed by atoms with Gasteiger partial charge >= 0.3 is 0 Å². The summed E-state index contributed by atoms with van der Waals surface area (Å²) >= 11 is 0. The van der Waals surface area contributed by atoms with E-state index in [1.807, 2.05) is 0 Å². The van der Waals surface area contributed by atoms with Crippen LogP contribution in [0.25, 0.3) is 0 Å². The maximum atomic E-state index is 6.20. The molecule has 0 aromatic carbocycles. The van der Waals surface area contributed by atoms with Crippen molar-refractivity contribution in [2.75, 3.05) is 32.7 Å². The summed E-state index contributed by atoms with van der Waals surface area (Å²) in [6.07, 6.45) is 8.23. The van der Waals surface area contributed by atoms with Gasteiger partial charge in [-0.3, -0.25) is 9.80 Å². The number of nitrogens with two attached hydrogens (primary N) is 1. The summed E-state index contributed by atoms with van der Waals surface area (Å²) in [6, 6.07) is 0.835. The highest BCUT2D eigenvalue weighted by Crippen LogP contribution is 2.37. The molecule has 2 N–H and O–H groups in total. The van der Waals surface area contributed by atoms with Gasteiger partial charge < -0.3 is 5.73 Å². The molecule has 1 aliphatic carbocycles. The largest absolute Gasteiger partial charge is 0.329 e. The van der Waals surface area contributed by atoms with Crippen molar-refractivity contribution < 1.29 is 0 Å². The summed E-state index contributed by atoms with van der Waals surface area (Å²) < 4.78 is 0. The van der Waals surface area contributed by atoms with E-state index in [4.69, 9.17) is 5.73 Å². The number of hydrogen-bond donors (Lipinski definition) is 1. The molecule has 3 aliphatic rings. The molecule has 3 heteroatoms. The number of fused-ring (bicyclic) bond motifs is 1. The Kier molecular flexibility index (Phi) is 3.65. The van der Waals surface area contributed by atoms with Gasteiger partial charge in [0.05, 0.1) is 0 Å². The third-order valence-electron chi connectivity index (χ3n) is 5.84. The Labute approximate surface area is 112 Å². The van der Waals surface area contributed by atoms with Crippen molar-refractivity contribution in [3.05, 3.63) is 0 Å². The van der Waals surface area contributed by atoms with Gasteiger partial charge in [-0.25, -0.2) is 0 Å². The maximum Gasteiger partial charge on any atom is 0.0333 e. The first-order valence-corrected chi connectivity index (χ1v) is 7.93. The molecule has 0 amide bonds. The molecular formula is C15H29N3. The molecule has 0 aromatic heterocycles. The normalized spacial score (nSPS) is 43.0. The molecular weight excluding hydrogens is 222 g/mol. The van der Waals surface area contributed by atoms with Crippen molar-refractivity contribution in [1.29, 1.82) is 0 Å². The predicted molar refractivity (Wildman–Crippen MR) is 75.6 cm³/mol. The van der Waals surface area contributed by atoms with E-state index in [0.29, 0.717) is 5.54 Å². The van der Waals surface area contributed by atoms with Crippen LogP contribution < -0.4 is 5.73 Å². The minimum absolute atomic E-state index is 0.348. The van der Waals surface area contributed by atoms with Gasteiger partial charge in [0, 0.05) is 37.8 Å². The van der Waals surface area contributed by atoms with Crippen molar-refractivity contribution in [2.45, 2.75) is 57.0 Å². The topological polar surface area (TPSA) is 32.5 Å². The second kappa shape index (κ2) is 5.10. The second-order valence-corrected chi connectivity index (χ2v) is 6.89. The summed E-state index contributed by atoms with van der Waals surface area (Å²) in [5.74, 6) is 0.914. The Morgan fingerprint density at radius 3 is 2.61 bits per heavy atom. The fourth-order valence-electron chi connectivity index (χ4n) is 4.37. The number of rotatable bonds is 2. The van der Waals surface area contributed by atoms with Gasteiger partial charge in [0.2, 0.25) is 0 Å². The van der Waals surface area contributed by atoms with Crippen molar-refractivity contribution in [3.63, 3.8) is 0 Å². The Hall–Kier alpha value is -0.120. The van der Waals surface area contributed by atoms with Crippen molar-refractivity contribution >= 4 is 0 Å². The van der Waals surface area contributed by atoms with Gasteiger partial charge in [-0.2, -0.15) is 0 Å². The van der Waals surface area contributed by atoms with E-state index in [2.05, 4.69) is 16.7 Å². The standard InChI is InChI=1S/C15H29N3/c1-13-4-6-15(12-16,7-5-13)18-10-9-17-8-2-3-14(17)11-18/h13-14H,2-12,16H2,1H3. The fraction of sp³-hybridized carbons (Fsp3) is 1.00. The molecule has 1 saturated carbocycles. The molecule has 1 unspecified atom stereocenters. The van der Waals surface area contributed by atoms with Crippen molar-refractivity contribution in [2.24, 2.45) is 11.7 Å². The number of nitrogens with zero attached hydrogens (tertiary/aromatic N) is 2. The first kappa shape index (κ1) is 12.9. The number of hydrogen-bond acceptors (Lipinski definition) is 3. The summed E-state index contributed by atoms with van der Waals surface area (Å²) in [5, 5.41) is 0. The molecule has 104 valence electrons. The molecule has 0 radical (unpaired) electrons. The minimum atomic E-state index is 0.348. The summed E-state index contributed by atoms with van der Waals surface area (Å²) in [5.41, 5.74) is 6.54. The maximum absolute atomic E-state index is 6.20. The molecule has 1 atom stereocenters. The lowest BCUT2D eigenvalue weighted by Gasteiger charge is -2.51. The van der Waals surface area contributed by atoms with Gasteiger partial charge in [0.25, 0.3) is 0 Å². The summed E-state index contributed by atoms with van der Waals surface area (Å²) in [7, 11) is 0. The zero-order valence-corrected chi connectivity index (χ0v) is 11.9. The van der Waals surface area contributed by atoms with Gasteiger partial charge in [0.1, 0.15) is 0 Å². The molecule has 0 aromatic rings. The van der Waals surface area contributed by atoms with E-state index in [1.165, 1.54) is 64.7 Å². The van der Waals surface area contributed by atoms with Gasteiger partial charge in [-0.1, -0.05) is 6.92 Å². The molecule has 2 aliphatic heterocycles. The zero-order chi connectivity index (χ0) is 12.6. The molecule has 18 heavy (non-hydrogen) atoms. The molecule has 3 rings (SSSR count). The van der Waals surface area contributed by atoms with Gasteiger partial charge in [-0.05, 0) is 51.0 Å². The van der Waals surface area contributed by atoms with Crippen LogP contribution in [-0.2, 0) is 0 Å². The molecule has 0 spiro atoms. The van der Waals surface area contributed by atoms with Crippen LogP contribution in [-0.4, -0.2) is 54.1 Å². The van der Waals surface area contributed by atoms with Gasteiger partial charge in [-0.15, -0.1) is 0 Å². The van der Waals surface area contributed by atoms with Crippen LogP contribution in [0.3, 0.4) is 0 Å². The van der Waals surface area contributed by atoms with Crippen LogP contribution in [0.4, 0.5) is 0 Å². The van der Waals surface area contributed by atoms with Gasteiger partial charge in [0.15, 0.2) is 0 Å². The van der Waals surface area contributed by atoms with E-state index in [-0.39, 0.29) is 0 Å². The van der Waals surface area contributed by atoms with E-state index < -0.39 is 0 Å². The highest BCUT2D eigenvalue weighted by molar-refractivity contribution is 4.99. The lowest BCUT2D eigenvalue weighted by Crippen LogP contribution is -2.62. The van der Waals surface area contributed by atoms with E-state index >= 15 is 0 Å². The van der Waals surface area contributed by atoms with Crippen LogP contribution in [0.1, 0.15) is 45.4 Å². The Morgan fingerprint density at radius 1 is 1.11 bits per heavy atom. The molecule has 0 bridgehead atoms. The molecule has 3 nitrogen and oxygen atoms in total. The predicted octanol–water partition coefficient (Wildman–Crippen LogP) is 1.67. The lowest BCUT2D eigenvalue weighted by molar-refractivity contribution is -0.00895. The monoisotopic (exact) mass is 251 g/mol. The average Bonchev–Trinajstić information content (AvgIpc) is 2.87. The Bertz CT molecular complexity index is 283. The zero-order valence-electron chi connectivity index (χ0n) is 11.9. The van der Waals surface area contributed by atoms with E-state index in [0.717, 1.165) is 18.5 Å². The average molecular weight is 251 g/mol. The van der Waals surface area contributed by atoms with Crippen LogP contribution >= 0.6 is 0 Å². The lowest BCUT2D eigenvalue weighted by atomic mass is 9.75. The molecule has 2 heterocycles. The first-order valence-electron chi connectivity index (χ1n) is 7.93. The molecule has 2 saturated heterocycles. The third kappa shape index (κ3) is 2.21. The molecule has 3 fully saturated rings. The third-order valence-corrected chi connectivity index (χ3v) is 5.84. The highest BCUT2D eigenvalue weighted by atomic mass is 15.3. The Balaban J connectivity index is 1.68. The van der Waals surface area contributed by atoms with Crippen molar-refractivity contribution in [3.8, 4) is 0 Å². The fourth-order valence-corrected chi connectivity index (χ4v) is 4.37. The van der Waals surface area contributed by atoms with Crippen molar-refractivity contribution in [1.82, 2.24) is 9.80 Å². The SMILES string of the molecule is CC1CCC(CN)(N2CCN3CCCC3C2)CC1. The van der Waals surface area contributed by atoms with Crippen LogP contribution in [0, 0.1) is 5.92 Å². The minimum Gasteiger partial charge on any atom is -0.329 e. The first-order chi connectivity index (χ1) is 8.73.